The molecule has 1 unspecified atom stereocenters. The van der Waals surface area contributed by atoms with Crippen molar-refractivity contribution in [3.05, 3.63) is 0 Å². The van der Waals surface area contributed by atoms with Crippen LogP contribution in [-0.2, 0) is 4.79 Å². The van der Waals surface area contributed by atoms with Gasteiger partial charge in [-0.05, 0) is 11.7 Å². The molecular weight excluding hydrogens is 190 g/mol. The van der Waals surface area contributed by atoms with E-state index in [0.717, 1.165) is 0 Å². The zero-order valence-electron chi connectivity index (χ0n) is 7.39. The zero-order valence-corrected chi connectivity index (χ0v) is 8.28. The molecule has 0 spiro atoms. The summed E-state index contributed by atoms with van der Waals surface area (Å²) in [5, 5.41) is 17.8. The number of thiol groups is 1. The molecule has 0 aromatic rings. The van der Waals surface area contributed by atoms with E-state index in [1.165, 1.54) is 0 Å². The molecule has 2 N–H and O–H groups in total. The van der Waals surface area contributed by atoms with Crippen molar-refractivity contribution >= 4 is 18.5 Å². The molecule has 0 saturated carbocycles. The van der Waals surface area contributed by atoms with E-state index >= 15 is 0 Å². The minimum absolute atomic E-state index is 0.00662. The molecule has 1 aliphatic rings. The van der Waals surface area contributed by atoms with Crippen LogP contribution in [-0.4, -0.2) is 52.6 Å². The second-order valence-electron chi connectivity index (χ2n) is 3.32. The third-order valence-corrected chi connectivity index (χ3v) is 2.88. The highest BCUT2D eigenvalue weighted by atomic mass is 32.1. The van der Waals surface area contributed by atoms with Crippen molar-refractivity contribution < 1.29 is 15.0 Å². The Morgan fingerprint density at radius 1 is 1.54 bits per heavy atom. The maximum atomic E-state index is 11.4. The largest absolute Gasteiger partial charge is 0.394 e. The Kier molecular flexibility index (Phi) is 4.02. The average Bonchev–Trinajstić information content (AvgIpc) is 2.50. The monoisotopic (exact) mass is 205 g/mol. The highest BCUT2D eigenvalue weighted by molar-refractivity contribution is 7.80. The topological polar surface area (TPSA) is 60.8 Å². The van der Waals surface area contributed by atoms with Crippen LogP contribution in [0.1, 0.15) is 6.42 Å². The van der Waals surface area contributed by atoms with Gasteiger partial charge in [-0.2, -0.15) is 12.6 Å². The number of carbonyl (C=O) groups is 1. The standard InChI is InChI=1S/C8H15NO3S/c10-3-7(4-11)9-2-6(5-13)1-8(9)12/h6-7,10-11,13H,1-5H2. The smallest absolute Gasteiger partial charge is 0.223 e. The van der Waals surface area contributed by atoms with Gasteiger partial charge in [0.15, 0.2) is 0 Å². The Morgan fingerprint density at radius 2 is 2.15 bits per heavy atom. The van der Waals surface area contributed by atoms with Gasteiger partial charge in [0.25, 0.3) is 0 Å². The van der Waals surface area contributed by atoms with Crippen LogP contribution in [0.4, 0.5) is 0 Å². The molecule has 0 aromatic heterocycles. The van der Waals surface area contributed by atoms with Gasteiger partial charge in [-0.25, -0.2) is 0 Å². The van der Waals surface area contributed by atoms with Gasteiger partial charge in [-0.3, -0.25) is 4.79 Å². The van der Waals surface area contributed by atoms with Crippen LogP contribution in [0.2, 0.25) is 0 Å². The van der Waals surface area contributed by atoms with Crippen molar-refractivity contribution in [1.82, 2.24) is 4.90 Å². The van der Waals surface area contributed by atoms with Crippen LogP contribution in [0, 0.1) is 5.92 Å². The lowest BCUT2D eigenvalue weighted by molar-refractivity contribution is -0.131. The molecule has 4 nitrogen and oxygen atoms in total. The van der Waals surface area contributed by atoms with Gasteiger partial charge in [-0.15, -0.1) is 0 Å². The molecule has 0 radical (unpaired) electrons. The van der Waals surface area contributed by atoms with Crippen LogP contribution >= 0.6 is 12.6 Å². The third-order valence-electron chi connectivity index (χ3n) is 2.36. The summed E-state index contributed by atoms with van der Waals surface area (Å²) in [6.45, 7) is 0.247. The molecule has 76 valence electrons. The summed E-state index contributed by atoms with van der Waals surface area (Å²) in [5.74, 6) is 0.940. The van der Waals surface area contributed by atoms with E-state index in [9.17, 15) is 4.79 Å². The molecule has 1 atom stereocenters. The fourth-order valence-corrected chi connectivity index (χ4v) is 1.78. The number of likely N-dealkylation sites (tertiary alicyclic amines) is 1. The number of aliphatic hydroxyl groups is 2. The summed E-state index contributed by atoms with van der Waals surface area (Å²) < 4.78 is 0. The molecule has 1 fully saturated rings. The molecule has 5 heteroatoms. The first-order chi connectivity index (χ1) is 6.22. The second-order valence-corrected chi connectivity index (χ2v) is 3.68. The number of rotatable bonds is 4. The highest BCUT2D eigenvalue weighted by Gasteiger charge is 2.32. The average molecular weight is 205 g/mol. The number of hydrogen-bond donors (Lipinski definition) is 3. The van der Waals surface area contributed by atoms with Gasteiger partial charge in [0.1, 0.15) is 0 Å². The number of nitrogens with zero attached hydrogens (tertiary/aromatic N) is 1. The molecule has 1 rings (SSSR count). The maximum absolute atomic E-state index is 11.4. The van der Waals surface area contributed by atoms with Crippen molar-refractivity contribution in [2.24, 2.45) is 5.92 Å². The maximum Gasteiger partial charge on any atom is 0.223 e. The summed E-state index contributed by atoms with van der Waals surface area (Å²) in [7, 11) is 0. The van der Waals surface area contributed by atoms with Crippen molar-refractivity contribution in [2.45, 2.75) is 12.5 Å². The third kappa shape index (κ3) is 2.36. The first kappa shape index (κ1) is 10.8. The van der Waals surface area contributed by atoms with Crippen molar-refractivity contribution in [3.63, 3.8) is 0 Å². The predicted molar refractivity (Wildman–Crippen MR) is 51.6 cm³/mol. The van der Waals surface area contributed by atoms with Gasteiger partial charge in [0.05, 0.1) is 19.3 Å². The number of carbonyl (C=O) groups excluding carboxylic acids is 1. The summed E-state index contributed by atoms with van der Waals surface area (Å²) in [5.41, 5.74) is 0. The van der Waals surface area contributed by atoms with Gasteiger partial charge in [-0.1, -0.05) is 0 Å². The van der Waals surface area contributed by atoms with E-state index in [-0.39, 0.29) is 25.0 Å². The predicted octanol–water partition coefficient (Wildman–Crippen LogP) is -0.882. The lowest BCUT2D eigenvalue weighted by Crippen LogP contribution is -2.41. The number of amides is 1. The SMILES string of the molecule is O=C1CC(CS)CN1C(CO)CO. The summed E-state index contributed by atoms with van der Waals surface area (Å²) in [6.07, 6.45) is 0.486. The molecular formula is C8H15NO3S. The first-order valence-corrected chi connectivity index (χ1v) is 4.98. The van der Waals surface area contributed by atoms with Crippen molar-refractivity contribution in [2.75, 3.05) is 25.5 Å². The summed E-state index contributed by atoms with van der Waals surface area (Å²) in [4.78, 5) is 12.9. The summed E-state index contributed by atoms with van der Waals surface area (Å²) in [6, 6.07) is -0.433. The van der Waals surface area contributed by atoms with Crippen LogP contribution in [0.3, 0.4) is 0 Å². The summed E-state index contributed by atoms with van der Waals surface area (Å²) >= 11 is 4.12. The van der Waals surface area contributed by atoms with Crippen molar-refractivity contribution in [1.29, 1.82) is 0 Å². The van der Waals surface area contributed by atoms with Crippen LogP contribution in [0.5, 0.6) is 0 Å². The Hall–Kier alpha value is -0.260. The van der Waals surface area contributed by atoms with Crippen LogP contribution in [0.15, 0.2) is 0 Å². The minimum Gasteiger partial charge on any atom is -0.394 e. The second kappa shape index (κ2) is 4.83. The van der Waals surface area contributed by atoms with Crippen LogP contribution in [0.25, 0.3) is 0 Å². The van der Waals surface area contributed by atoms with Crippen LogP contribution < -0.4 is 0 Å². The van der Waals surface area contributed by atoms with E-state index in [0.29, 0.717) is 18.7 Å². The highest BCUT2D eigenvalue weighted by Crippen LogP contribution is 2.20. The lowest BCUT2D eigenvalue weighted by atomic mass is 10.1. The lowest BCUT2D eigenvalue weighted by Gasteiger charge is -2.24. The fourth-order valence-electron chi connectivity index (χ4n) is 1.54. The van der Waals surface area contributed by atoms with E-state index in [1.54, 1.807) is 4.90 Å². The molecule has 0 aromatic carbocycles. The Balaban J connectivity index is 2.55. The first-order valence-electron chi connectivity index (χ1n) is 4.35. The van der Waals surface area contributed by atoms with Crippen molar-refractivity contribution in [3.8, 4) is 0 Å². The quantitative estimate of drug-likeness (QED) is 0.522. The molecule has 13 heavy (non-hydrogen) atoms. The molecule has 1 aliphatic heterocycles. The molecule has 0 bridgehead atoms. The molecule has 1 saturated heterocycles. The van der Waals surface area contributed by atoms with E-state index in [1.807, 2.05) is 0 Å². The molecule has 0 aliphatic carbocycles. The Bertz CT molecular complexity index is 184. The minimum atomic E-state index is -0.433. The van der Waals surface area contributed by atoms with E-state index < -0.39 is 6.04 Å². The number of hydrogen-bond acceptors (Lipinski definition) is 4. The van der Waals surface area contributed by atoms with E-state index in [4.69, 9.17) is 10.2 Å². The number of aliphatic hydroxyl groups excluding tert-OH is 2. The fraction of sp³-hybridized carbons (Fsp3) is 0.875. The van der Waals surface area contributed by atoms with Gasteiger partial charge < -0.3 is 15.1 Å². The van der Waals surface area contributed by atoms with Gasteiger partial charge in [0, 0.05) is 13.0 Å². The molecule has 1 heterocycles. The Morgan fingerprint density at radius 3 is 2.54 bits per heavy atom. The Labute approximate surface area is 83.0 Å². The normalized spacial score (nSPS) is 23.2. The van der Waals surface area contributed by atoms with Gasteiger partial charge >= 0.3 is 0 Å². The van der Waals surface area contributed by atoms with E-state index in [2.05, 4.69) is 12.6 Å². The zero-order chi connectivity index (χ0) is 9.84. The van der Waals surface area contributed by atoms with Gasteiger partial charge in [0.2, 0.25) is 5.91 Å². The molecule has 1 amide bonds.